The minimum atomic E-state index is -0.229. The topological polar surface area (TPSA) is 114 Å². The van der Waals surface area contributed by atoms with E-state index in [1.807, 2.05) is 24.3 Å². The Hall–Kier alpha value is -3.40. The van der Waals surface area contributed by atoms with Crippen molar-refractivity contribution in [1.29, 1.82) is 0 Å². The normalized spacial score (nSPS) is 10.4. The van der Waals surface area contributed by atoms with E-state index < -0.39 is 0 Å². The summed E-state index contributed by atoms with van der Waals surface area (Å²) in [6, 6.07) is 12.5. The molecule has 29 heavy (non-hydrogen) atoms. The number of methoxy groups -OCH3 is 3. The number of nitrogens with zero attached hydrogens (tertiary/aromatic N) is 3. The summed E-state index contributed by atoms with van der Waals surface area (Å²) in [6.07, 6.45) is 0. The molecule has 9 nitrogen and oxygen atoms in total. The van der Waals surface area contributed by atoms with Gasteiger partial charge < -0.3 is 25.4 Å². The Kier molecular flexibility index (Phi) is 6.45. The van der Waals surface area contributed by atoms with Crippen LogP contribution in [-0.2, 0) is 4.79 Å². The number of amides is 1. The molecular formula is C19H21N5O4S. The van der Waals surface area contributed by atoms with Crippen LogP contribution in [0.3, 0.4) is 0 Å². The summed E-state index contributed by atoms with van der Waals surface area (Å²) in [5.41, 5.74) is 1.28. The van der Waals surface area contributed by atoms with Gasteiger partial charge in [0.05, 0.1) is 32.6 Å². The second kappa shape index (κ2) is 9.20. The quantitative estimate of drug-likeness (QED) is 0.426. The van der Waals surface area contributed by atoms with Gasteiger partial charge >= 0.3 is 0 Å². The average molecular weight is 415 g/mol. The fourth-order valence-electron chi connectivity index (χ4n) is 2.60. The largest absolute Gasteiger partial charge is 0.497 e. The minimum absolute atomic E-state index is 0.0980. The third-order valence-electron chi connectivity index (χ3n) is 3.98. The average Bonchev–Trinajstić information content (AvgIpc) is 3.11. The standard InChI is InChI=1S/C19H21N5O4S/c1-26-13-8-12(9-14(10-13)27-2)21-17(25)11-29-19-23-22-18(24(19)20)15-6-4-5-7-16(15)28-3/h4-10H,11,20H2,1-3H3,(H,21,25). The van der Waals surface area contributed by atoms with E-state index in [1.165, 1.54) is 16.4 Å². The summed E-state index contributed by atoms with van der Waals surface area (Å²) in [7, 11) is 4.66. The van der Waals surface area contributed by atoms with E-state index >= 15 is 0 Å². The molecule has 10 heteroatoms. The van der Waals surface area contributed by atoms with Gasteiger partial charge in [-0.15, -0.1) is 10.2 Å². The Morgan fingerprint density at radius 3 is 2.41 bits per heavy atom. The summed E-state index contributed by atoms with van der Waals surface area (Å²) in [6.45, 7) is 0. The third-order valence-corrected chi connectivity index (χ3v) is 4.92. The summed E-state index contributed by atoms with van der Waals surface area (Å²) >= 11 is 1.17. The molecule has 0 spiro atoms. The fraction of sp³-hybridized carbons (Fsp3) is 0.211. The van der Waals surface area contributed by atoms with E-state index in [0.29, 0.717) is 39.5 Å². The van der Waals surface area contributed by atoms with Gasteiger partial charge in [0.1, 0.15) is 17.2 Å². The van der Waals surface area contributed by atoms with Crippen molar-refractivity contribution in [3.05, 3.63) is 42.5 Å². The van der Waals surface area contributed by atoms with Gasteiger partial charge in [0, 0.05) is 23.9 Å². The van der Waals surface area contributed by atoms with Crippen molar-refractivity contribution in [1.82, 2.24) is 14.9 Å². The number of rotatable bonds is 8. The van der Waals surface area contributed by atoms with Gasteiger partial charge in [-0.05, 0) is 12.1 Å². The van der Waals surface area contributed by atoms with Gasteiger partial charge in [-0.3, -0.25) is 4.79 Å². The van der Waals surface area contributed by atoms with Crippen LogP contribution < -0.4 is 25.4 Å². The van der Waals surface area contributed by atoms with Gasteiger partial charge in [-0.1, -0.05) is 23.9 Å². The van der Waals surface area contributed by atoms with Gasteiger partial charge in [0.25, 0.3) is 0 Å². The zero-order chi connectivity index (χ0) is 20.8. The highest BCUT2D eigenvalue weighted by atomic mass is 32.2. The Balaban J connectivity index is 1.68. The van der Waals surface area contributed by atoms with Crippen LogP contribution in [0, 0.1) is 0 Å². The van der Waals surface area contributed by atoms with E-state index in [1.54, 1.807) is 39.5 Å². The van der Waals surface area contributed by atoms with E-state index in [4.69, 9.17) is 20.1 Å². The van der Waals surface area contributed by atoms with Crippen molar-refractivity contribution in [2.45, 2.75) is 5.16 Å². The molecule has 0 bridgehead atoms. The van der Waals surface area contributed by atoms with Crippen LogP contribution in [0.2, 0.25) is 0 Å². The molecule has 0 saturated heterocycles. The number of hydrogen-bond acceptors (Lipinski definition) is 8. The molecule has 1 amide bonds. The first-order chi connectivity index (χ1) is 14.0. The smallest absolute Gasteiger partial charge is 0.234 e. The predicted molar refractivity (Wildman–Crippen MR) is 111 cm³/mol. The van der Waals surface area contributed by atoms with Crippen molar-refractivity contribution >= 4 is 23.4 Å². The van der Waals surface area contributed by atoms with Crippen molar-refractivity contribution in [3.63, 3.8) is 0 Å². The summed E-state index contributed by atoms with van der Waals surface area (Å²) < 4.78 is 17.1. The third kappa shape index (κ3) is 4.72. The predicted octanol–water partition coefficient (Wildman–Crippen LogP) is 2.42. The number of carbonyl (C=O) groups excluding carboxylic acids is 1. The Morgan fingerprint density at radius 1 is 1.07 bits per heavy atom. The van der Waals surface area contributed by atoms with Crippen LogP contribution in [-0.4, -0.2) is 47.9 Å². The molecule has 3 N–H and O–H groups in total. The fourth-order valence-corrected chi connectivity index (χ4v) is 3.25. The van der Waals surface area contributed by atoms with Crippen LogP contribution in [0.5, 0.6) is 17.2 Å². The lowest BCUT2D eigenvalue weighted by atomic mass is 10.2. The highest BCUT2D eigenvalue weighted by molar-refractivity contribution is 7.99. The molecule has 0 unspecified atom stereocenters. The molecule has 0 aliphatic heterocycles. The van der Waals surface area contributed by atoms with Crippen molar-refractivity contribution < 1.29 is 19.0 Å². The van der Waals surface area contributed by atoms with Crippen LogP contribution in [0.4, 0.5) is 5.69 Å². The number of benzene rings is 2. The number of carbonyl (C=O) groups is 1. The van der Waals surface area contributed by atoms with Gasteiger partial charge in [-0.2, -0.15) is 0 Å². The number of para-hydroxylation sites is 1. The molecule has 152 valence electrons. The Bertz CT molecular complexity index is 986. The zero-order valence-corrected chi connectivity index (χ0v) is 17.0. The monoisotopic (exact) mass is 415 g/mol. The molecule has 3 rings (SSSR count). The maximum atomic E-state index is 12.3. The van der Waals surface area contributed by atoms with Crippen LogP contribution in [0.15, 0.2) is 47.6 Å². The van der Waals surface area contributed by atoms with Crippen LogP contribution in [0.1, 0.15) is 0 Å². The summed E-state index contributed by atoms with van der Waals surface area (Å²) in [5.74, 6) is 8.23. The van der Waals surface area contributed by atoms with Gasteiger partial charge in [0.2, 0.25) is 11.1 Å². The number of hydrogen-bond donors (Lipinski definition) is 2. The lowest BCUT2D eigenvalue weighted by molar-refractivity contribution is -0.113. The number of nitrogens with two attached hydrogens (primary N) is 1. The molecule has 0 atom stereocenters. The van der Waals surface area contributed by atoms with Crippen molar-refractivity contribution in [2.24, 2.45) is 0 Å². The highest BCUT2D eigenvalue weighted by Crippen LogP contribution is 2.30. The van der Waals surface area contributed by atoms with E-state index in [9.17, 15) is 4.79 Å². The molecule has 0 fully saturated rings. The molecule has 0 saturated carbocycles. The molecule has 3 aromatic rings. The highest BCUT2D eigenvalue weighted by Gasteiger charge is 2.17. The van der Waals surface area contributed by atoms with Gasteiger partial charge in [0.15, 0.2) is 5.82 Å². The molecule has 2 aromatic carbocycles. The number of ether oxygens (including phenoxy) is 3. The number of aromatic nitrogens is 3. The van der Waals surface area contributed by atoms with Crippen molar-refractivity contribution in [2.75, 3.05) is 38.2 Å². The SMILES string of the molecule is COc1cc(NC(=O)CSc2nnc(-c3ccccc3OC)n2N)cc(OC)c1. The summed E-state index contributed by atoms with van der Waals surface area (Å²) in [4.78, 5) is 12.3. The van der Waals surface area contributed by atoms with E-state index in [0.717, 1.165) is 0 Å². The van der Waals surface area contributed by atoms with E-state index in [2.05, 4.69) is 15.5 Å². The number of nitrogens with one attached hydrogen (secondary N) is 1. The molecule has 1 heterocycles. The van der Waals surface area contributed by atoms with E-state index in [-0.39, 0.29) is 11.7 Å². The number of thioether (sulfide) groups is 1. The summed E-state index contributed by atoms with van der Waals surface area (Å²) in [5, 5.41) is 11.4. The molecule has 1 aromatic heterocycles. The lowest BCUT2D eigenvalue weighted by Gasteiger charge is -2.10. The first kappa shape index (κ1) is 20.3. The number of anilines is 1. The van der Waals surface area contributed by atoms with Crippen LogP contribution in [0.25, 0.3) is 11.4 Å². The van der Waals surface area contributed by atoms with Crippen LogP contribution >= 0.6 is 11.8 Å². The minimum Gasteiger partial charge on any atom is -0.497 e. The Morgan fingerprint density at radius 2 is 1.76 bits per heavy atom. The Labute approximate surface area is 172 Å². The van der Waals surface area contributed by atoms with Gasteiger partial charge in [-0.25, -0.2) is 4.68 Å². The molecule has 0 aliphatic rings. The molecule has 0 radical (unpaired) electrons. The first-order valence-electron chi connectivity index (χ1n) is 8.55. The second-order valence-corrected chi connectivity index (χ2v) is 6.76. The second-order valence-electron chi connectivity index (χ2n) is 5.81. The first-order valence-corrected chi connectivity index (χ1v) is 9.54. The molecular weight excluding hydrogens is 394 g/mol. The zero-order valence-electron chi connectivity index (χ0n) is 16.2. The lowest BCUT2D eigenvalue weighted by Crippen LogP contribution is -2.16. The number of nitrogen functional groups attached to an aromatic ring is 1. The maximum Gasteiger partial charge on any atom is 0.234 e. The maximum absolute atomic E-state index is 12.3. The van der Waals surface area contributed by atoms with Crippen molar-refractivity contribution in [3.8, 4) is 28.6 Å². The molecule has 0 aliphatic carbocycles.